The molecule has 102 valence electrons. The van der Waals surface area contributed by atoms with Crippen molar-refractivity contribution in [2.45, 2.75) is 53.4 Å². The van der Waals surface area contributed by atoms with Crippen molar-refractivity contribution in [2.75, 3.05) is 6.61 Å². The van der Waals surface area contributed by atoms with Gasteiger partial charge in [-0.3, -0.25) is 0 Å². The van der Waals surface area contributed by atoms with Crippen LogP contribution in [0.5, 0.6) is 0 Å². The Balaban J connectivity index is 4.10. The summed E-state index contributed by atoms with van der Waals surface area (Å²) >= 11 is 0. The van der Waals surface area contributed by atoms with Crippen molar-refractivity contribution < 1.29 is 5.11 Å². The van der Waals surface area contributed by atoms with Gasteiger partial charge >= 0.3 is 0 Å². The number of rotatable bonds is 8. The summed E-state index contributed by atoms with van der Waals surface area (Å²) in [7, 11) is 0. The van der Waals surface area contributed by atoms with E-state index in [4.69, 9.17) is 5.11 Å². The van der Waals surface area contributed by atoms with Crippen LogP contribution in [0.1, 0.15) is 53.4 Å². The first-order chi connectivity index (χ1) is 8.47. The first-order valence-corrected chi connectivity index (χ1v) is 6.72. The molecule has 0 atom stereocenters. The van der Waals surface area contributed by atoms with Gasteiger partial charge in [0.2, 0.25) is 0 Å². The van der Waals surface area contributed by atoms with Gasteiger partial charge in [-0.05, 0) is 59.0 Å². The summed E-state index contributed by atoms with van der Waals surface area (Å²) in [5, 5.41) is 8.92. The van der Waals surface area contributed by atoms with Crippen LogP contribution in [0.15, 0.2) is 47.1 Å². The highest BCUT2D eigenvalue weighted by atomic mass is 16.2. The molecule has 0 aliphatic heterocycles. The first-order valence-electron chi connectivity index (χ1n) is 6.72. The van der Waals surface area contributed by atoms with E-state index in [2.05, 4.69) is 39.5 Å². The van der Waals surface area contributed by atoms with Crippen molar-refractivity contribution in [1.82, 2.24) is 0 Å². The van der Waals surface area contributed by atoms with Crippen LogP contribution in [-0.4, -0.2) is 11.7 Å². The topological polar surface area (TPSA) is 20.2 Å². The quantitative estimate of drug-likeness (QED) is 0.476. The van der Waals surface area contributed by atoms with Crippen LogP contribution < -0.4 is 0 Å². The maximum atomic E-state index is 8.92. The Morgan fingerprint density at radius 1 is 0.944 bits per heavy atom. The minimum atomic E-state index is 0.103. The largest absolute Gasteiger partial charge is 0.392 e. The second kappa shape index (κ2) is 9.90. The van der Waals surface area contributed by atoms with Crippen LogP contribution in [0.3, 0.4) is 0 Å². The van der Waals surface area contributed by atoms with E-state index in [1.165, 1.54) is 16.7 Å². The predicted molar refractivity (Wildman–Crippen MR) is 81.6 cm³/mol. The van der Waals surface area contributed by atoms with Crippen molar-refractivity contribution >= 4 is 0 Å². The van der Waals surface area contributed by atoms with Gasteiger partial charge in [-0.1, -0.05) is 41.5 Å². The normalized spacial score (nSPS) is 12.5. The maximum absolute atomic E-state index is 8.92. The molecule has 1 N–H and O–H groups in total. The second-order valence-electron chi connectivity index (χ2n) is 5.10. The molecule has 0 rings (SSSR count). The van der Waals surface area contributed by atoms with Gasteiger partial charge in [0, 0.05) is 0 Å². The first kappa shape index (κ1) is 16.9. The molecule has 1 heteroatoms. The Kier molecular flexibility index (Phi) is 9.31. The zero-order valence-corrected chi connectivity index (χ0v) is 12.4. The smallest absolute Gasteiger partial charge is 0.0618 e. The van der Waals surface area contributed by atoms with Gasteiger partial charge in [0.1, 0.15) is 0 Å². The van der Waals surface area contributed by atoms with Crippen LogP contribution in [0.4, 0.5) is 0 Å². The number of aliphatic hydroxyl groups excluding tert-OH is 1. The summed E-state index contributed by atoms with van der Waals surface area (Å²) in [5.41, 5.74) is 5.06. The minimum absolute atomic E-state index is 0.103. The molecule has 0 aromatic rings. The summed E-state index contributed by atoms with van der Waals surface area (Å²) in [6.45, 7) is 12.5. The lowest BCUT2D eigenvalue weighted by Crippen LogP contribution is -1.88. The Morgan fingerprint density at radius 3 is 2.06 bits per heavy atom. The van der Waals surface area contributed by atoms with Gasteiger partial charge in [0.15, 0.2) is 0 Å². The molecule has 0 spiro atoms. The second-order valence-corrected chi connectivity index (χ2v) is 5.10. The molecule has 0 heterocycles. The van der Waals surface area contributed by atoms with Crippen LogP contribution >= 0.6 is 0 Å². The Bertz CT molecular complexity index is 339. The molecule has 0 aliphatic rings. The van der Waals surface area contributed by atoms with E-state index < -0.39 is 0 Å². The van der Waals surface area contributed by atoms with Gasteiger partial charge in [-0.25, -0.2) is 0 Å². The average Bonchev–Trinajstić information content (AvgIpc) is 2.27. The van der Waals surface area contributed by atoms with E-state index in [0.717, 1.165) is 31.3 Å². The van der Waals surface area contributed by atoms with E-state index in [1.807, 2.05) is 13.0 Å². The van der Waals surface area contributed by atoms with Crippen molar-refractivity contribution in [3.05, 3.63) is 47.1 Å². The van der Waals surface area contributed by atoms with E-state index in [1.54, 1.807) is 0 Å². The van der Waals surface area contributed by atoms with E-state index in [0.29, 0.717) is 0 Å². The number of allylic oxidation sites excluding steroid dienone is 6. The predicted octanol–water partition coefficient (Wildman–Crippen LogP) is 4.95. The van der Waals surface area contributed by atoms with Crippen molar-refractivity contribution in [3.63, 3.8) is 0 Å². The monoisotopic (exact) mass is 248 g/mol. The summed E-state index contributed by atoms with van der Waals surface area (Å²) in [6, 6.07) is 0. The van der Waals surface area contributed by atoms with Gasteiger partial charge in [0.05, 0.1) is 6.61 Å². The average molecular weight is 248 g/mol. The molecule has 0 fully saturated rings. The third-order valence-corrected chi connectivity index (χ3v) is 2.88. The molecule has 0 amide bonds. The van der Waals surface area contributed by atoms with Crippen molar-refractivity contribution in [1.29, 1.82) is 0 Å². The Hall–Kier alpha value is -1.08. The highest BCUT2D eigenvalue weighted by molar-refractivity contribution is 5.26. The molecule has 0 saturated carbocycles. The molecule has 0 radical (unpaired) electrons. The molecule has 1 nitrogen and oxygen atoms in total. The fraction of sp³-hybridized carbons (Fsp3) is 0.529. The molecule has 0 aromatic carbocycles. The molecular weight excluding hydrogens is 220 g/mol. The summed E-state index contributed by atoms with van der Waals surface area (Å²) < 4.78 is 0. The molecule has 0 unspecified atom stereocenters. The van der Waals surface area contributed by atoms with Crippen LogP contribution in [0, 0.1) is 0 Å². The minimum Gasteiger partial charge on any atom is -0.392 e. The van der Waals surface area contributed by atoms with Crippen LogP contribution in [-0.2, 0) is 0 Å². The van der Waals surface area contributed by atoms with E-state index >= 15 is 0 Å². The Morgan fingerprint density at radius 2 is 1.56 bits per heavy atom. The van der Waals surface area contributed by atoms with Crippen LogP contribution in [0.2, 0.25) is 0 Å². The van der Waals surface area contributed by atoms with Gasteiger partial charge in [0.25, 0.3) is 0 Å². The van der Waals surface area contributed by atoms with Crippen molar-refractivity contribution in [2.24, 2.45) is 0 Å². The van der Waals surface area contributed by atoms with Gasteiger partial charge < -0.3 is 5.11 Å². The highest BCUT2D eigenvalue weighted by Gasteiger charge is 1.97. The number of aliphatic hydroxyl groups is 1. The lowest BCUT2D eigenvalue weighted by molar-refractivity contribution is 0.341. The highest BCUT2D eigenvalue weighted by Crippen LogP contribution is 2.16. The van der Waals surface area contributed by atoms with Gasteiger partial charge in [-0.2, -0.15) is 0 Å². The zero-order valence-electron chi connectivity index (χ0n) is 12.4. The summed E-state index contributed by atoms with van der Waals surface area (Å²) in [5.74, 6) is 0. The molecule has 0 aliphatic carbocycles. The Labute approximate surface area is 113 Å². The zero-order chi connectivity index (χ0) is 14.0. The van der Waals surface area contributed by atoms with Crippen molar-refractivity contribution in [3.8, 4) is 0 Å². The molecule has 0 bridgehead atoms. The number of hydrogen-bond acceptors (Lipinski definition) is 1. The van der Waals surface area contributed by atoms with E-state index in [-0.39, 0.29) is 6.61 Å². The summed E-state index contributed by atoms with van der Waals surface area (Å²) in [4.78, 5) is 0. The van der Waals surface area contributed by atoms with E-state index in [9.17, 15) is 0 Å². The number of hydrogen-bond donors (Lipinski definition) is 1. The third kappa shape index (κ3) is 9.00. The standard InChI is InChI=1S/C17H28O/c1-14(2)8-6-9-16(5)10-7-11-17(12-13-18)15(3)4/h8,10,12,18H,3,6-7,9,11,13H2,1-2,4-5H3/b16-10+,17-12-. The lowest BCUT2D eigenvalue weighted by atomic mass is 10.0. The maximum Gasteiger partial charge on any atom is 0.0618 e. The molecule has 0 aromatic heterocycles. The summed E-state index contributed by atoms with van der Waals surface area (Å²) in [6.07, 6.45) is 10.7. The van der Waals surface area contributed by atoms with Gasteiger partial charge in [-0.15, -0.1) is 0 Å². The molecule has 0 saturated heterocycles. The molecule has 18 heavy (non-hydrogen) atoms. The van der Waals surface area contributed by atoms with Crippen LogP contribution in [0.25, 0.3) is 0 Å². The third-order valence-electron chi connectivity index (χ3n) is 2.88. The molecular formula is C17H28O. The lowest BCUT2D eigenvalue weighted by Gasteiger charge is -2.05. The fourth-order valence-electron chi connectivity index (χ4n) is 1.76. The fourth-order valence-corrected chi connectivity index (χ4v) is 1.76. The SMILES string of the molecule is C=C(C)/C(=C\CO)CC/C=C(\C)CCC=C(C)C.